The quantitative estimate of drug-likeness (QED) is 0.664. The predicted molar refractivity (Wildman–Crippen MR) is 59.9 cm³/mol. The van der Waals surface area contributed by atoms with Gasteiger partial charge in [0, 0.05) is 6.20 Å². The molecule has 0 amide bonds. The lowest BCUT2D eigenvalue weighted by Gasteiger charge is -2.09. The van der Waals surface area contributed by atoms with Crippen LogP contribution in [-0.2, 0) is 4.79 Å². The number of aromatic nitrogens is 3. The number of rotatable bonds is 2. The van der Waals surface area contributed by atoms with E-state index in [1.807, 2.05) is 0 Å². The van der Waals surface area contributed by atoms with Crippen LogP contribution in [0.2, 0.25) is 10.4 Å². The van der Waals surface area contributed by atoms with Crippen LogP contribution in [0.4, 0.5) is 0 Å². The summed E-state index contributed by atoms with van der Waals surface area (Å²) in [5, 5.41) is 9.71. The first-order chi connectivity index (χ1) is 7.50. The monoisotopic (exact) mass is 259 g/mol. The van der Waals surface area contributed by atoms with Gasteiger partial charge in [-0.25, -0.2) is 9.78 Å². The van der Waals surface area contributed by atoms with Crippen molar-refractivity contribution in [2.75, 3.05) is 0 Å². The normalized spacial score (nSPS) is 12.9. The summed E-state index contributed by atoms with van der Waals surface area (Å²) in [4.78, 5) is 18.6. The van der Waals surface area contributed by atoms with Crippen molar-refractivity contribution in [1.29, 1.82) is 0 Å². The van der Waals surface area contributed by atoms with Crippen LogP contribution in [0, 0.1) is 0 Å². The Kier molecular flexibility index (Phi) is 2.73. The molecule has 0 spiro atoms. The summed E-state index contributed by atoms with van der Waals surface area (Å²) in [6, 6.07) is 0.924. The van der Waals surface area contributed by atoms with E-state index < -0.39 is 12.0 Å². The van der Waals surface area contributed by atoms with Crippen LogP contribution < -0.4 is 0 Å². The molecule has 2 aromatic heterocycles. The van der Waals surface area contributed by atoms with Crippen LogP contribution in [0.1, 0.15) is 13.0 Å². The molecule has 1 atom stereocenters. The standard InChI is InChI=1S/C9H7Cl2N3O2/c1-4(8(15)16)14-3-2-5-6(10)12-9(11)13-7(5)14/h2-4H,1H3,(H,15,16). The molecule has 5 nitrogen and oxygen atoms in total. The lowest BCUT2D eigenvalue weighted by Crippen LogP contribution is -2.15. The molecule has 1 N–H and O–H groups in total. The van der Waals surface area contributed by atoms with Crippen molar-refractivity contribution < 1.29 is 9.90 Å². The largest absolute Gasteiger partial charge is 0.480 e. The van der Waals surface area contributed by atoms with Gasteiger partial charge >= 0.3 is 5.97 Å². The van der Waals surface area contributed by atoms with Crippen molar-refractivity contribution in [2.24, 2.45) is 0 Å². The van der Waals surface area contributed by atoms with Gasteiger partial charge < -0.3 is 9.67 Å². The van der Waals surface area contributed by atoms with Crippen molar-refractivity contribution in [3.63, 3.8) is 0 Å². The summed E-state index contributed by atoms with van der Waals surface area (Å²) in [5.74, 6) is -0.955. The molecule has 2 aromatic rings. The molecule has 0 aromatic carbocycles. The van der Waals surface area contributed by atoms with Crippen LogP contribution in [0.15, 0.2) is 12.3 Å². The Morgan fingerprint density at radius 1 is 1.50 bits per heavy atom. The SMILES string of the molecule is CC(C(=O)O)n1ccc2c(Cl)nc(Cl)nc21. The van der Waals surface area contributed by atoms with E-state index in [1.54, 1.807) is 19.2 Å². The lowest BCUT2D eigenvalue weighted by molar-refractivity contribution is -0.140. The topological polar surface area (TPSA) is 68.0 Å². The summed E-state index contributed by atoms with van der Waals surface area (Å²) >= 11 is 11.5. The van der Waals surface area contributed by atoms with E-state index in [4.69, 9.17) is 28.3 Å². The van der Waals surface area contributed by atoms with Gasteiger partial charge in [-0.05, 0) is 24.6 Å². The lowest BCUT2D eigenvalue weighted by atomic mass is 10.3. The van der Waals surface area contributed by atoms with E-state index in [9.17, 15) is 4.79 Å². The summed E-state index contributed by atoms with van der Waals surface area (Å²) in [6.45, 7) is 1.55. The molecule has 0 saturated carbocycles. The van der Waals surface area contributed by atoms with E-state index >= 15 is 0 Å². The zero-order valence-corrected chi connectivity index (χ0v) is 9.70. The molecule has 16 heavy (non-hydrogen) atoms. The zero-order chi connectivity index (χ0) is 11.9. The Labute approximate surface area is 101 Å². The highest BCUT2D eigenvalue weighted by Crippen LogP contribution is 2.25. The highest BCUT2D eigenvalue weighted by atomic mass is 35.5. The predicted octanol–water partition coefficient (Wildman–Crippen LogP) is 2.38. The summed E-state index contributed by atoms with van der Waals surface area (Å²) in [5.41, 5.74) is 0.417. The van der Waals surface area contributed by atoms with Gasteiger partial charge in [0.2, 0.25) is 5.28 Å². The third-order valence-corrected chi connectivity index (χ3v) is 2.73. The highest BCUT2D eigenvalue weighted by Gasteiger charge is 2.17. The minimum Gasteiger partial charge on any atom is -0.480 e. The minimum absolute atomic E-state index is 0.00459. The number of hydrogen-bond donors (Lipinski definition) is 1. The molecule has 1 unspecified atom stereocenters. The molecule has 0 aliphatic rings. The number of nitrogens with zero attached hydrogens (tertiary/aromatic N) is 3. The maximum atomic E-state index is 10.9. The second kappa shape index (κ2) is 3.92. The first-order valence-electron chi connectivity index (χ1n) is 4.43. The number of carboxylic acid groups (broad SMARTS) is 1. The highest BCUT2D eigenvalue weighted by molar-refractivity contribution is 6.35. The third-order valence-electron chi connectivity index (χ3n) is 2.27. The van der Waals surface area contributed by atoms with Crippen molar-refractivity contribution in [3.05, 3.63) is 22.7 Å². The van der Waals surface area contributed by atoms with Crippen molar-refractivity contribution in [1.82, 2.24) is 14.5 Å². The average molecular weight is 260 g/mol. The Bertz CT molecular complexity index is 567. The van der Waals surface area contributed by atoms with Crippen LogP contribution in [-0.4, -0.2) is 25.6 Å². The summed E-state index contributed by atoms with van der Waals surface area (Å²) in [7, 11) is 0. The fourth-order valence-electron chi connectivity index (χ4n) is 1.40. The first-order valence-corrected chi connectivity index (χ1v) is 5.18. The van der Waals surface area contributed by atoms with Crippen molar-refractivity contribution in [3.8, 4) is 0 Å². The van der Waals surface area contributed by atoms with Crippen molar-refractivity contribution >= 4 is 40.2 Å². The van der Waals surface area contributed by atoms with E-state index in [0.717, 1.165) is 0 Å². The van der Waals surface area contributed by atoms with Gasteiger partial charge in [0.25, 0.3) is 0 Å². The molecular formula is C9H7Cl2N3O2. The Morgan fingerprint density at radius 3 is 2.81 bits per heavy atom. The fraction of sp³-hybridized carbons (Fsp3) is 0.222. The Balaban J connectivity index is 2.69. The van der Waals surface area contributed by atoms with Gasteiger partial charge in [-0.15, -0.1) is 0 Å². The molecule has 2 rings (SSSR count). The molecule has 2 heterocycles. The van der Waals surface area contributed by atoms with Crippen molar-refractivity contribution in [2.45, 2.75) is 13.0 Å². The van der Waals surface area contributed by atoms with Crippen LogP contribution >= 0.6 is 23.2 Å². The van der Waals surface area contributed by atoms with Gasteiger partial charge in [0.1, 0.15) is 16.8 Å². The Hall–Kier alpha value is -1.33. The minimum atomic E-state index is -0.955. The van der Waals surface area contributed by atoms with Crippen LogP contribution in [0.3, 0.4) is 0 Å². The van der Waals surface area contributed by atoms with Gasteiger partial charge in [-0.2, -0.15) is 4.98 Å². The molecule has 0 fully saturated rings. The fourth-order valence-corrected chi connectivity index (χ4v) is 1.84. The molecular weight excluding hydrogens is 253 g/mol. The first kappa shape index (κ1) is 11.2. The third kappa shape index (κ3) is 1.72. The van der Waals surface area contributed by atoms with Gasteiger partial charge in [-0.3, -0.25) is 0 Å². The summed E-state index contributed by atoms with van der Waals surface area (Å²) in [6.07, 6.45) is 1.60. The average Bonchev–Trinajstić information content (AvgIpc) is 2.60. The van der Waals surface area contributed by atoms with Gasteiger partial charge in [-0.1, -0.05) is 11.6 Å². The summed E-state index contributed by atoms with van der Waals surface area (Å²) < 4.78 is 1.48. The molecule has 0 aliphatic heterocycles. The van der Waals surface area contributed by atoms with Gasteiger partial charge in [0.15, 0.2) is 0 Å². The van der Waals surface area contributed by atoms with E-state index in [1.165, 1.54) is 4.57 Å². The number of hydrogen-bond acceptors (Lipinski definition) is 3. The maximum absolute atomic E-state index is 10.9. The van der Waals surface area contributed by atoms with E-state index in [0.29, 0.717) is 11.0 Å². The number of fused-ring (bicyclic) bond motifs is 1. The smallest absolute Gasteiger partial charge is 0.326 e. The molecule has 0 aliphatic carbocycles. The second-order valence-corrected chi connectivity index (χ2v) is 3.95. The van der Waals surface area contributed by atoms with E-state index in [-0.39, 0.29) is 10.4 Å². The second-order valence-electron chi connectivity index (χ2n) is 3.26. The van der Waals surface area contributed by atoms with Crippen LogP contribution in [0.5, 0.6) is 0 Å². The van der Waals surface area contributed by atoms with Gasteiger partial charge in [0.05, 0.1) is 5.39 Å². The van der Waals surface area contributed by atoms with E-state index in [2.05, 4.69) is 9.97 Å². The molecule has 0 saturated heterocycles. The zero-order valence-electron chi connectivity index (χ0n) is 8.19. The number of aliphatic carboxylic acids is 1. The number of carbonyl (C=O) groups is 1. The molecule has 0 bridgehead atoms. The number of carboxylic acids is 1. The molecule has 7 heteroatoms. The Morgan fingerprint density at radius 2 is 2.19 bits per heavy atom. The number of halogens is 2. The molecule has 84 valence electrons. The maximum Gasteiger partial charge on any atom is 0.326 e. The van der Waals surface area contributed by atoms with Crippen LogP contribution in [0.25, 0.3) is 11.0 Å². The molecule has 0 radical (unpaired) electrons.